The van der Waals surface area contributed by atoms with E-state index in [1.165, 1.54) is 6.33 Å². The van der Waals surface area contributed by atoms with E-state index in [1.54, 1.807) is 21.7 Å². The van der Waals surface area contributed by atoms with E-state index in [9.17, 15) is 9.59 Å². The minimum atomic E-state index is -0.530. The van der Waals surface area contributed by atoms with Gasteiger partial charge in [-0.05, 0) is 58.8 Å². The third-order valence-corrected chi connectivity index (χ3v) is 6.86. The minimum Gasteiger partial charge on any atom is -0.383 e. The maximum atomic E-state index is 13.3. The van der Waals surface area contributed by atoms with E-state index < -0.39 is 6.04 Å². The molecule has 160 valence electrons. The maximum Gasteiger partial charge on any atom is 0.248 e. The Labute approximate surface area is 187 Å². The molecular weight excluding hydrogens is 462 g/mol. The number of hydrogen-bond donors (Lipinski definition) is 2. The lowest BCUT2D eigenvalue weighted by Gasteiger charge is -2.27. The summed E-state index contributed by atoms with van der Waals surface area (Å²) in [4.78, 5) is 40.8. The van der Waals surface area contributed by atoms with Gasteiger partial charge in [0.25, 0.3) is 0 Å². The molecule has 1 aliphatic heterocycles. The number of rotatable bonds is 4. The Bertz CT molecular complexity index is 1230. The molecule has 1 aliphatic carbocycles. The van der Waals surface area contributed by atoms with Gasteiger partial charge in [0.15, 0.2) is 0 Å². The van der Waals surface area contributed by atoms with Crippen LogP contribution in [0, 0.1) is 12.3 Å². The molecule has 3 aromatic rings. The van der Waals surface area contributed by atoms with Gasteiger partial charge in [0.2, 0.25) is 11.8 Å². The molecule has 0 bridgehead atoms. The quantitative estimate of drug-likeness (QED) is 0.550. The molecule has 0 spiro atoms. The summed E-state index contributed by atoms with van der Waals surface area (Å²) in [5.74, 6) is 0.557. The minimum absolute atomic E-state index is 0.0111. The molecule has 2 fully saturated rings. The van der Waals surface area contributed by atoms with Crippen molar-refractivity contribution < 1.29 is 9.59 Å². The van der Waals surface area contributed by atoms with Crippen LogP contribution in [0.1, 0.15) is 25.3 Å². The third kappa shape index (κ3) is 3.34. The Morgan fingerprint density at radius 3 is 2.90 bits per heavy atom. The molecule has 2 aliphatic rings. The first-order valence-electron chi connectivity index (χ1n) is 10.1. The van der Waals surface area contributed by atoms with Crippen LogP contribution in [0.3, 0.4) is 0 Å². The molecule has 5 rings (SSSR count). The molecule has 1 saturated heterocycles. The average Bonchev–Trinajstić information content (AvgIpc) is 3.06. The summed E-state index contributed by atoms with van der Waals surface area (Å²) in [6, 6.07) is 5.06. The SMILES string of the molecule is Cc1ccc(Br)nc1NC(=O)[C@@H]1C[C@@]2(C)CC2N1C(=O)Cn1ccc2c(N)ncnc21. The van der Waals surface area contributed by atoms with Crippen LogP contribution in [0.15, 0.2) is 35.3 Å². The summed E-state index contributed by atoms with van der Waals surface area (Å²) in [7, 11) is 0. The topological polar surface area (TPSA) is 119 Å². The molecule has 31 heavy (non-hydrogen) atoms. The lowest BCUT2D eigenvalue weighted by Crippen LogP contribution is -2.46. The molecule has 1 saturated carbocycles. The van der Waals surface area contributed by atoms with Crippen molar-refractivity contribution in [1.29, 1.82) is 0 Å². The highest BCUT2D eigenvalue weighted by Crippen LogP contribution is 2.59. The number of halogens is 1. The molecule has 4 heterocycles. The number of aromatic nitrogens is 4. The van der Waals surface area contributed by atoms with E-state index in [-0.39, 0.29) is 29.8 Å². The summed E-state index contributed by atoms with van der Waals surface area (Å²) in [5.41, 5.74) is 7.36. The van der Waals surface area contributed by atoms with E-state index >= 15 is 0 Å². The molecule has 0 aromatic carbocycles. The molecule has 3 atom stereocenters. The number of piperidine rings is 1. The summed E-state index contributed by atoms with van der Waals surface area (Å²) >= 11 is 3.34. The highest BCUT2D eigenvalue weighted by Gasteiger charge is 2.64. The van der Waals surface area contributed by atoms with Gasteiger partial charge >= 0.3 is 0 Å². The van der Waals surface area contributed by atoms with Crippen molar-refractivity contribution in [3.05, 3.63) is 40.9 Å². The van der Waals surface area contributed by atoms with Crippen molar-refractivity contribution in [1.82, 2.24) is 24.4 Å². The number of hydrogen-bond acceptors (Lipinski definition) is 6. The lowest BCUT2D eigenvalue weighted by molar-refractivity contribution is -0.138. The summed E-state index contributed by atoms with van der Waals surface area (Å²) in [6.45, 7) is 4.10. The first-order chi connectivity index (χ1) is 14.8. The molecular formula is C21H22BrN7O2. The Morgan fingerprint density at radius 1 is 1.29 bits per heavy atom. The summed E-state index contributed by atoms with van der Waals surface area (Å²) < 4.78 is 2.39. The number of likely N-dealkylation sites (tertiary alicyclic amines) is 1. The number of nitrogens with zero attached hydrogens (tertiary/aromatic N) is 5. The summed E-state index contributed by atoms with van der Waals surface area (Å²) in [6.07, 6.45) is 4.72. The van der Waals surface area contributed by atoms with Crippen LogP contribution in [0.2, 0.25) is 0 Å². The van der Waals surface area contributed by atoms with Gasteiger partial charge in [0.1, 0.15) is 40.8 Å². The smallest absolute Gasteiger partial charge is 0.248 e. The second kappa shape index (κ2) is 7.01. The number of nitrogens with two attached hydrogens (primary N) is 1. The molecule has 0 radical (unpaired) electrons. The zero-order chi connectivity index (χ0) is 21.9. The predicted octanol–water partition coefficient (Wildman–Crippen LogP) is 2.50. The van der Waals surface area contributed by atoms with Gasteiger partial charge in [0, 0.05) is 12.2 Å². The Kier molecular flexibility index (Phi) is 4.51. The molecule has 9 nitrogen and oxygen atoms in total. The molecule has 10 heteroatoms. The zero-order valence-corrected chi connectivity index (χ0v) is 18.8. The van der Waals surface area contributed by atoms with Gasteiger partial charge in [-0.1, -0.05) is 13.0 Å². The fourth-order valence-corrected chi connectivity index (χ4v) is 4.88. The van der Waals surface area contributed by atoms with Gasteiger partial charge in [0.05, 0.1) is 5.39 Å². The van der Waals surface area contributed by atoms with Crippen molar-refractivity contribution in [3.8, 4) is 0 Å². The zero-order valence-electron chi connectivity index (χ0n) is 17.2. The van der Waals surface area contributed by atoms with E-state index in [0.717, 1.165) is 12.0 Å². The standard InChI is InChI=1S/C21H22BrN7O2/c1-11-3-4-15(22)26-18(11)27-20(31)13-7-21(2)8-14(21)29(13)16(30)9-28-6-5-12-17(23)24-10-25-19(12)28/h3-6,10,13-14H,7-9H2,1-2H3,(H2,23,24,25)(H,26,27,31)/t13-,14?,21-/m0/s1. The van der Waals surface area contributed by atoms with Crippen LogP contribution in [-0.2, 0) is 16.1 Å². The highest BCUT2D eigenvalue weighted by atomic mass is 79.9. The van der Waals surface area contributed by atoms with Crippen molar-refractivity contribution in [2.75, 3.05) is 11.1 Å². The Balaban J connectivity index is 1.39. The number of pyridine rings is 1. The molecule has 1 unspecified atom stereocenters. The van der Waals surface area contributed by atoms with Crippen LogP contribution in [-0.4, -0.2) is 48.3 Å². The van der Waals surface area contributed by atoms with E-state index in [4.69, 9.17) is 5.73 Å². The molecule has 2 amide bonds. The molecule has 3 aromatic heterocycles. The van der Waals surface area contributed by atoms with E-state index in [1.807, 2.05) is 19.1 Å². The second-order valence-corrected chi connectivity index (χ2v) is 9.44. The molecule has 3 N–H and O–H groups in total. The summed E-state index contributed by atoms with van der Waals surface area (Å²) in [5, 5.41) is 3.62. The second-order valence-electron chi connectivity index (χ2n) is 8.62. The van der Waals surface area contributed by atoms with Gasteiger partial charge < -0.3 is 20.5 Å². The lowest BCUT2D eigenvalue weighted by atomic mass is 10.0. The van der Waals surface area contributed by atoms with Crippen LogP contribution in [0.5, 0.6) is 0 Å². The number of aryl methyl sites for hydroxylation is 1. The number of amides is 2. The maximum absolute atomic E-state index is 13.3. The number of carbonyl (C=O) groups excluding carboxylic acids is 2. The van der Waals surface area contributed by atoms with Crippen LogP contribution in [0.25, 0.3) is 11.0 Å². The van der Waals surface area contributed by atoms with Crippen molar-refractivity contribution in [2.24, 2.45) is 5.41 Å². The predicted molar refractivity (Wildman–Crippen MR) is 119 cm³/mol. The number of fused-ring (bicyclic) bond motifs is 2. The largest absolute Gasteiger partial charge is 0.383 e. The number of anilines is 2. The Hall–Kier alpha value is -3.01. The number of carbonyl (C=O) groups is 2. The average molecular weight is 484 g/mol. The number of nitrogen functional groups attached to an aromatic ring is 1. The van der Waals surface area contributed by atoms with Crippen LogP contribution in [0.4, 0.5) is 11.6 Å². The fraction of sp³-hybridized carbons (Fsp3) is 0.381. The van der Waals surface area contributed by atoms with Crippen LogP contribution >= 0.6 is 15.9 Å². The third-order valence-electron chi connectivity index (χ3n) is 6.42. The first kappa shape index (κ1) is 19.9. The van der Waals surface area contributed by atoms with E-state index in [2.05, 4.69) is 43.1 Å². The van der Waals surface area contributed by atoms with Gasteiger partial charge in [-0.2, -0.15) is 0 Å². The van der Waals surface area contributed by atoms with Gasteiger partial charge in [-0.15, -0.1) is 0 Å². The van der Waals surface area contributed by atoms with Gasteiger partial charge in [-0.25, -0.2) is 15.0 Å². The highest BCUT2D eigenvalue weighted by molar-refractivity contribution is 9.10. The van der Waals surface area contributed by atoms with Crippen molar-refractivity contribution >= 4 is 50.4 Å². The van der Waals surface area contributed by atoms with Gasteiger partial charge in [-0.3, -0.25) is 9.59 Å². The fourth-order valence-electron chi connectivity index (χ4n) is 4.57. The number of nitrogens with one attached hydrogen (secondary N) is 1. The van der Waals surface area contributed by atoms with Crippen molar-refractivity contribution in [2.45, 2.75) is 45.3 Å². The van der Waals surface area contributed by atoms with E-state index in [0.29, 0.717) is 33.7 Å². The van der Waals surface area contributed by atoms with Crippen LogP contribution < -0.4 is 11.1 Å². The normalized spacial score (nSPS) is 24.3. The monoisotopic (exact) mass is 483 g/mol. The Morgan fingerprint density at radius 2 is 2.10 bits per heavy atom. The first-order valence-corrected chi connectivity index (χ1v) is 10.9. The van der Waals surface area contributed by atoms with Crippen molar-refractivity contribution in [3.63, 3.8) is 0 Å².